The van der Waals surface area contributed by atoms with E-state index in [1.807, 2.05) is 0 Å². The lowest BCUT2D eigenvalue weighted by atomic mass is 10.0. The van der Waals surface area contributed by atoms with Crippen LogP contribution in [0, 0.1) is 0 Å². The molecule has 0 aliphatic carbocycles. The number of hydrogen-bond donors (Lipinski definition) is 2. The number of rotatable bonds is 5. The first-order chi connectivity index (χ1) is 14.3. The van der Waals surface area contributed by atoms with Gasteiger partial charge in [-0.25, -0.2) is 0 Å². The normalized spacial score (nSPS) is 13.8. The van der Waals surface area contributed by atoms with Gasteiger partial charge >= 0.3 is 6.18 Å². The predicted octanol–water partition coefficient (Wildman–Crippen LogP) is 5.42. The van der Waals surface area contributed by atoms with E-state index in [9.17, 15) is 13.2 Å². The van der Waals surface area contributed by atoms with Crippen LogP contribution in [0.25, 0.3) is 11.0 Å². The number of hydrogen-bond acceptors (Lipinski definition) is 4. The second-order valence-electron chi connectivity index (χ2n) is 6.81. The van der Waals surface area contributed by atoms with Gasteiger partial charge in [0.2, 0.25) is 0 Å². The van der Waals surface area contributed by atoms with Crippen LogP contribution >= 0.6 is 59.2 Å². The van der Waals surface area contributed by atoms with Crippen molar-refractivity contribution in [1.82, 2.24) is 20.3 Å². The molecule has 0 bridgehead atoms. The molecule has 0 fully saturated rings. The molecular formula is C18H13Cl3F3N5S2. The van der Waals surface area contributed by atoms with Gasteiger partial charge in [0, 0.05) is 5.56 Å². The molecule has 0 spiro atoms. The third kappa shape index (κ3) is 5.04. The maximum atomic E-state index is 12.8. The lowest BCUT2D eigenvalue weighted by molar-refractivity contribution is -0.137. The Morgan fingerprint density at radius 3 is 2.19 bits per heavy atom. The van der Waals surface area contributed by atoms with Crippen LogP contribution in [0.5, 0.6) is 0 Å². The van der Waals surface area contributed by atoms with Crippen molar-refractivity contribution in [3.8, 4) is 0 Å². The Labute approximate surface area is 200 Å². The average Bonchev–Trinajstić information content (AvgIpc) is 3.09. The number of nitrogens with zero attached hydrogens (tertiary/aromatic N) is 3. The van der Waals surface area contributed by atoms with Crippen molar-refractivity contribution in [2.24, 2.45) is 5.73 Å². The molecule has 1 atom stereocenters. The number of aromatic nitrogens is 3. The third-order valence-electron chi connectivity index (χ3n) is 4.42. The molecular weight excluding hydrogens is 514 g/mol. The minimum atomic E-state index is -4.44. The Kier molecular flexibility index (Phi) is 6.69. The lowest BCUT2D eigenvalue weighted by Crippen LogP contribution is -2.57. The van der Waals surface area contributed by atoms with Gasteiger partial charge in [0.1, 0.15) is 26.5 Å². The van der Waals surface area contributed by atoms with Crippen molar-refractivity contribution in [1.29, 1.82) is 0 Å². The van der Waals surface area contributed by atoms with Crippen molar-refractivity contribution in [2.75, 3.05) is 0 Å². The maximum absolute atomic E-state index is 12.8. The minimum Gasteiger partial charge on any atom is -0.391 e. The summed E-state index contributed by atoms with van der Waals surface area (Å²) in [5.41, 5.74) is 5.03. The summed E-state index contributed by atoms with van der Waals surface area (Å²) in [6.07, 6.45) is -4.44. The van der Waals surface area contributed by atoms with Crippen LogP contribution in [0.3, 0.4) is 0 Å². The van der Waals surface area contributed by atoms with Crippen LogP contribution in [0.4, 0.5) is 13.2 Å². The van der Waals surface area contributed by atoms with Crippen LogP contribution in [0.15, 0.2) is 30.3 Å². The van der Waals surface area contributed by atoms with Gasteiger partial charge in [0.15, 0.2) is 0 Å². The Bertz CT molecular complexity index is 1180. The Hall–Kier alpha value is -1.72. The molecule has 0 aliphatic rings. The van der Waals surface area contributed by atoms with Crippen LogP contribution in [-0.4, -0.2) is 30.5 Å². The highest BCUT2D eigenvalue weighted by atomic mass is 35.5. The van der Waals surface area contributed by atoms with E-state index in [0.29, 0.717) is 16.6 Å². The number of nitrogens with two attached hydrogens (primary N) is 1. The van der Waals surface area contributed by atoms with Crippen molar-refractivity contribution >= 4 is 80.2 Å². The van der Waals surface area contributed by atoms with Gasteiger partial charge in [-0.05, 0) is 25.1 Å². The number of benzene rings is 2. The van der Waals surface area contributed by atoms with Gasteiger partial charge in [-0.3, -0.25) is 0 Å². The van der Waals surface area contributed by atoms with E-state index in [1.54, 1.807) is 6.92 Å². The molecule has 164 valence electrons. The molecule has 2 aromatic carbocycles. The molecule has 13 heteroatoms. The number of fused-ring (bicyclic) bond motifs is 1. The third-order valence-corrected chi connectivity index (χ3v) is 6.27. The zero-order valence-corrected chi connectivity index (χ0v) is 19.5. The number of thiocarbonyl (C=S) groups is 2. The monoisotopic (exact) mass is 525 g/mol. The van der Waals surface area contributed by atoms with Crippen molar-refractivity contribution in [3.05, 3.63) is 56.5 Å². The van der Waals surface area contributed by atoms with Crippen molar-refractivity contribution in [2.45, 2.75) is 25.2 Å². The average molecular weight is 527 g/mol. The molecule has 0 saturated heterocycles. The molecule has 0 amide bonds. The Balaban J connectivity index is 1.88. The SMILES string of the molecule is CC(Cn1nc2c(Cl)cc(Cl)c(Cl)c2n1)(NC(=S)c1ccc(C(F)(F)F)cc1)C(N)=S. The standard InChI is InChI=1S/C18H13Cl3F3N5S2/c1-17(16(25)31,26-15(30)8-2-4-9(5-3-8)18(22,23)24)7-29-27-13-11(20)6-10(19)12(21)14(13)28-29/h2-6H,7H2,1H3,(H2,25,31)(H,26,30). The van der Waals surface area contributed by atoms with Gasteiger partial charge in [-0.1, -0.05) is 71.4 Å². The van der Waals surface area contributed by atoms with Crippen LogP contribution in [0.1, 0.15) is 18.1 Å². The Morgan fingerprint density at radius 2 is 1.65 bits per heavy atom. The summed E-state index contributed by atoms with van der Waals surface area (Å²) in [7, 11) is 0. The summed E-state index contributed by atoms with van der Waals surface area (Å²) in [5.74, 6) is 0. The topological polar surface area (TPSA) is 68.8 Å². The van der Waals surface area contributed by atoms with Gasteiger partial charge in [-0.2, -0.15) is 28.2 Å². The highest BCUT2D eigenvalue weighted by Gasteiger charge is 2.32. The first-order valence-electron chi connectivity index (χ1n) is 8.50. The molecule has 31 heavy (non-hydrogen) atoms. The fourth-order valence-electron chi connectivity index (χ4n) is 2.68. The fourth-order valence-corrected chi connectivity index (χ4v) is 3.83. The summed E-state index contributed by atoms with van der Waals surface area (Å²) in [5, 5.41) is 12.3. The lowest BCUT2D eigenvalue weighted by Gasteiger charge is -2.30. The zero-order chi connectivity index (χ0) is 23.1. The first-order valence-corrected chi connectivity index (χ1v) is 10.4. The van der Waals surface area contributed by atoms with Crippen LogP contribution in [-0.2, 0) is 12.7 Å². The molecule has 0 radical (unpaired) electrons. The molecule has 3 rings (SSSR count). The summed E-state index contributed by atoms with van der Waals surface area (Å²) in [4.78, 5) is 1.48. The van der Waals surface area contributed by atoms with E-state index >= 15 is 0 Å². The zero-order valence-electron chi connectivity index (χ0n) is 15.6. The summed E-state index contributed by atoms with van der Waals surface area (Å²) in [6.45, 7) is 1.69. The highest BCUT2D eigenvalue weighted by Crippen LogP contribution is 2.34. The Morgan fingerprint density at radius 1 is 1.06 bits per heavy atom. The molecule has 3 N–H and O–H groups in total. The second kappa shape index (κ2) is 8.67. The molecule has 3 aromatic rings. The fraction of sp³-hybridized carbons (Fsp3) is 0.222. The van der Waals surface area contributed by atoms with Gasteiger partial charge in [0.25, 0.3) is 0 Å². The van der Waals surface area contributed by atoms with Crippen molar-refractivity contribution in [3.63, 3.8) is 0 Å². The summed E-state index contributed by atoms with van der Waals surface area (Å²) in [6, 6.07) is 5.87. The molecule has 1 unspecified atom stereocenters. The molecule has 1 aromatic heterocycles. The quantitative estimate of drug-likeness (QED) is 0.342. The van der Waals surface area contributed by atoms with Crippen LogP contribution in [0.2, 0.25) is 15.1 Å². The molecule has 0 aliphatic heterocycles. The number of nitrogens with one attached hydrogen (secondary N) is 1. The van der Waals surface area contributed by atoms with E-state index in [0.717, 1.165) is 12.1 Å². The van der Waals surface area contributed by atoms with E-state index in [4.69, 9.17) is 65.0 Å². The molecule has 0 saturated carbocycles. The number of alkyl halides is 3. The highest BCUT2D eigenvalue weighted by molar-refractivity contribution is 7.81. The summed E-state index contributed by atoms with van der Waals surface area (Å²) >= 11 is 28.9. The second-order valence-corrected chi connectivity index (χ2v) is 8.85. The van der Waals surface area contributed by atoms with E-state index < -0.39 is 17.3 Å². The van der Waals surface area contributed by atoms with E-state index in [1.165, 1.54) is 23.0 Å². The van der Waals surface area contributed by atoms with Gasteiger partial charge in [0.05, 0.1) is 27.2 Å². The molecule has 5 nitrogen and oxygen atoms in total. The smallest absolute Gasteiger partial charge is 0.391 e. The van der Waals surface area contributed by atoms with Gasteiger partial charge < -0.3 is 11.1 Å². The largest absolute Gasteiger partial charge is 0.416 e. The van der Waals surface area contributed by atoms with E-state index in [-0.39, 0.29) is 31.6 Å². The van der Waals surface area contributed by atoms with Crippen LogP contribution < -0.4 is 11.1 Å². The number of halogens is 6. The minimum absolute atomic E-state index is 0.0298. The van der Waals surface area contributed by atoms with Crippen molar-refractivity contribution < 1.29 is 13.2 Å². The first kappa shape index (κ1) is 23.9. The predicted molar refractivity (Wildman–Crippen MR) is 124 cm³/mol. The van der Waals surface area contributed by atoms with E-state index in [2.05, 4.69) is 15.5 Å². The van der Waals surface area contributed by atoms with Gasteiger partial charge in [-0.15, -0.1) is 0 Å². The maximum Gasteiger partial charge on any atom is 0.416 e. The summed E-state index contributed by atoms with van der Waals surface area (Å²) < 4.78 is 38.4. The molecule has 1 heterocycles.